The van der Waals surface area contributed by atoms with E-state index in [1.807, 2.05) is 0 Å². The van der Waals surface area contributed by atoms with E-state index >= 15 is 0 Å². The molecule has 0 amide bonds. The first-order valence-electron chi connectivity index (χ1n) is 17.2. The van der Waals surface area contributed by atoms with Crippen molar-refractivity contribution in [1.29, 1.82) is 0 Å². The highest BCUT2D eigenvalue weighted by molar-refractivity contribution is 7.09. The van der Waals surface area contributed by atoms with Crippen molar-refractivity contribution in [3.05, 3.63) is 0 Å². The predicted octanol–water partition coefficient (Wildman–Crippen LogP) is 9.07. The van der Waals surface area contributed by atoms with Crippen molar-refractivity contribution < 1.29 is 18.9 Å². The van der Waals surface area contributed by atoms with Gasteiger partial charge in [-0.25, -0.2) is 0 Å². The Morgan fingerprint density at radius 3 is 2.29 bits per heavy atom. The highest BCUT2D eigenvalue weighted by Crippen LogP contribution is 2.68. The fourth-order valence-electron chi connectivity index (χ4n) is 10.4. The Bertz CT molecular complexity index is 916. The lowest BCUT2D eigenvalue weighted by molar-refractivity contribution is -0.146. The average molecular weight is 609 g/mol. The zero-order valence-electron chi connectivity index (χ0n) is 28.3. The Labute approximate surface area is 256 Å². The number of carbonyl (C=O) groups is 1. The Hall–Kier alpha value is 0.197. The lowest BCUT2D eigenvalue weighted by Crippen LogP contribution is -2.56. The van der Waals surface area contributed by atoms with Crippen molar-refractivity contribution in [2.45, 2.75) is 150 Å². The molecular formula is C35H65O4PSi. The highest BCUT2D eigenvalue weighted by atomic mass is 31.0. The van der Waals surface area contributed by atoms with Gasteiger partial charge in [-0.05, 0) is 128 Å². The molecule has 0 bridgehead atoms. The molecule has 0 aliphatic heterocycles. The van der Waals surface area contributed by atoms with E-state index in [-0.39, 0.29) is 29.1 Å². The van der Waals surface area contributed by atoms with Crippen LogP contribution in [0.2, 0.25) is 18.1 Å². The van der Waals surface area contributed by atoms with Gasteiger partial charge in [0.25, 0.3) is 0 Å². The van der Waals surface area contributed by atoms with Crippen molar-refractivity contribution in [3.8, 4) is 0 Å². The van der Waals surface area contributed by atoms with Crippen LogP contribution in [0.1, 0.15) is 120 Å². The molecule has 4 rings (SSSR count). The maximum atomic E-state index is 14.0. The summed E-state index contributed by atoms with van der Waals surface area (Å²) in [7, 11) is 0.775. The number of aliphatic hydroxyl groups excluding tert-OH is 1. The summed E-state index contributed by atoms with van der Waals surface area (Å²) >= 11 is 0. The molecular weight excluding hydrogens is 543 g/mol. The van der Waals surface area contributed by atoms with E-state index in [2.05, 4.69) is 78.0 Å². The van der Waals surface area contributed by atoms with Crippen LogP contribution >= 0.6 is 9.47 Å². The number of fused-ring (bicyclic) bond motifs is 5. The van der Waals surface area contributed by atoms with Gasteiger partial charge in [-0.3, -0.25) is 4.79 Å². The van der Waals surface area contributed by atoms with Gasteiger partial charge in [0, 0.05) is 34.5 Å². The Balaban J connectivity index is 1.49. The van der Waals surface area contributed by atoms with Gasteiger partial charge in [0.15, 0.2) is 8.32 Å². The molecule has 4 saturated carbocycles. The van der Waals surface area contributed by atoms with Gasteiger partial charge in [0.1, 0.15) is 5.78 Å². The zero-order valence-corrected chi connectivity index (χ0v) is 30.5. The Kier molecular flexibility index (Phi) is 10.4. The summed E-state index contributed by atoms with van der Waals surface area (Å²) < 4.78 is 13.0. The first kappa shape index (κ1) is 34.1. The largest absolute Gasteiger partial charge is 0.414 e. The molecule has 0 heterocycles. The Morgan fingerprint density at radius 2 is 1.71 bits per heavy atom. The van der Waals surface area contributed by atoms with Gasteiger partial charge >= 0.3 is 0 Å². The Morgan fingerprint density at radius 1 is 1.05 bits per heavy atom. The molecule has 0 aromatic rings. The van der Waals surface area contributed by atoms with E-state index in [1.54, 1.807) is 0 Å². The molecule has 238 valence electrons. The second kappa shape index (κ2) is 12.5. The first-order chi connectivity index (χ1) is 19.0. The van der Waals surface area contributed by atoms with Gasteiger partial charge in [-0.2, -0.15) is 0 Å². The zero-order chi connectivity index (χ0) is 30.5. The van der Waals surface area contributed by atoms with Crippen molar-refractivity contribution in [2.75, 3.05) is 6.61 Å². The predicted molar refractivity (Wildman–Crippen MR) is 176 cm³/mol. The molecule has 12 atom stereocenters. The number of Topliss-reactive ketones (excluding diaryl/α,β-unsaturated/α-hetero) is 1. The summed E-state index contributed by atoms with van der Waals surface area (Å²) in [6.07, 6.45) is 11.7. The first-order valence-corrected chi connectivity index (χ1v) is 20.5. The molecule has 0 spiro atoms. The van der Waals surface area contributed by atoms with Crippen LogP contribution in [0.4, 0.5) is 0 Å². The molecule has 4 fully saturated rings. The number of ketones is 1. The van der Waals surface area contributed by atoms with Crippen LogP contribution in [0.5, 0.6) is 0 Å². The van der Waals surface area contributed by atoms with Crippen molar-refractivity contribution in [3.63, 3.8) is 0 Å². The van der Waals surface area contributed by atoms with Crippen LogP contribution in [-0.4, -0.2) is 38.0 Å². The van der Waals surface area contributed by atoms with E-state index in [0.29, 0.717) is 52.8 Å². The quantitative estimate of drug-likeness (QED) is 0.199. The summed E-state index contributed by atoms with van der Waals surface area (Å²) in [4.78, 5) is 14.0. The van der Waals surface area contributed by atoms with Crippen molar-refractivity contribution in [1.82, 2.24) is 0 Å². The second-order valence-electron chi connectivity index (χ2n) is 17.4. The van der Waals surface area contributed by atoms with Crippen molar-refractivity contribution >= 4 is 23.6 Å². The normalized spacial score (nSPS) is 40.1. The SMILES string of the molecule is CC(C)C(CCO)CC(OP)C(C)C1CC(=O)C2C3CCC4C[C@@H](O[Si](C)(C)C(C)(C)C)CC[C@]4(C)C3CC[C@]12C. The van der Waals surface area contributed by atoms with E-state index < -0.39 is 8.32 Å². The number of hydrogen-bond acceptors (Lipinski definition) is 4. The van der Waals surface area contributed by atoms with Gasteiger partial charge in [0.05, 0.1) is 6.10 Å². The summed E-state index contributed by atoms with van der Waals surface area (Å²) in [5.74, 6) is 4.39. The van der Waals surface area contributed by atoms with Crippen LogP contribution in [0, 0.1) is 58.2 Å². The summed E-state index contributed by atoms with van der Waals surface area (Å²) in [5.41, 5.74) is 0.428. The molecule has 41 heavy (non-hydrogen) atoms. The molecule has 0 saturated heterocycles. The minimum Gasteiger partial charge on any atom is -0.414 e. The fourth-order valence-corrected chi connectivity index (χ4v) is 12.1. The molecule has 4 nitrogen and oxygen atoms in total. The highest BCUT2D eigenvalue weighted by Gasteiger charge is 2.64. The molecule has 0 aromatic heterocycles. The topological polar surface area (TPSA) is 55.8 Å². The van der Waals surface area contributed by atoms with Crippen LogP contribution in [0.3, 0.4) is 0 Å². The maximum Gasteiger partial charge on any atom is 0.192 e. The van der Waals surface area contributed by atoms with E-state index in [4.69, 9.17) is 8.95 Å². The third-order valence-corrected chi connectivity index (χ3v) is 19.0. The third kappa shape index (κ3) is 6.34. The molecule has 9 unspecified atom stereocenters. The second-order valence-corrected chi connectivity index (χ2v) is 22.4. The smallest absolute Gasteiger partial charge is 0.192 e. The number of hydrogen-bond donors (Lipinski definition) is 1. The van der Waals surface area contributed by atoms with Gasteiger partial charge in [-0.1, -0.05) is 55.4 Å². The van der Waals surface area contributed by atoms with Gasteiger partial charge in [-0.15, -0.1) is 0 Å². The van der Waals surface area contributed by atoms with Gasteiger partial charge in [0.2, 0.25) is 0 Å². The molecule has 0 radical (unpaired) electrons. The number of carbonyl (C=O) groups excluding carboxylic acids is 1. The standard InChI is InChI=1S/C35H65O4PSi/c1-22(2)24(15-18-36)19-31(38-40)23(3)29-21-30(37)32-27-12-11-25-20-26(39-41(9,10)33(4,5)6)13-16-34(25,7)28(27)14-17-35(29,32)8/h22-29,31-32,36H,11-21,40H2,1-10H3/t23?,24?,25?,26-,27?,28?,29?,31?,32?,34-,35+/m0/s1. The lowest BCUT2D eigenvalue weighted by Gasteiger charge is -2.61. The minimum atomic E-state index is -1.77. The molecule has 0 aromatic carbocycles. The van der Waals surface area contributed by atoms with Crippen LogP contribution in [-0.2, 0) is 13.7 Å². The lowest BCUT2D eigenvalue weighted by atomic mass is 9.44. The van der Waals surface area contributed by atoms with E-state index in [0.717, 1.165) is 25.2 Å². The maximum absolute atomic E-state index is 14.0. The molecule has 4 aliphatic carbocycles. The molecule has 4 aliphatic rings. The average Bonchev–Trinajstić information content (AvgIpc) is 3.15. The number of aliphatic hydroxyl groups is 1. The van der Waals surface area contributed by atoms with E-state index in [1.165, 1.54) is 44.9 Å². The van der Waals surface area contributed by atoms with E-state index in [9.17, 15) is 9.90 Å². The number of rotatable bonds is 10. The fraction of sp³-hybridized carbons (Fsp3) is 0.971. The van der Waals surface area contributed by atoms with Crippen LogP contribution < -0.4 is 0 Å². The third-order valence-electron chi connectivity index (χ3n) is 14.1. The monoisotopic (exact) mass is 608 g/mol. The summed E-state index contributed by atoms with van der Waals surface area (Å²) in [6.45, 7) is 24.1. The minimum absolute atomic E-state index is 0.0786. The van der Waals surface area contributed by atoms with Gasteiger partial charge < -0.3 is 14.1 Å². The van der Waals surface area contributed by atoms with Crippen LogP contribution in [0.15, 0.2) is 0 Å². The molecule has 1 N–H and O–H groups in total. The van der Waals surface area contributed by atoms with Crippen molar-refractivity contribution in [2.24, 2.45) is 58.2 Å². The summed E-state index contributed by atoms with van der Waals surface area (Å²) in [5, 5.41) is 9.92. The molecule has 6 heteroatoms. The van der Waals surface area contributed by atoms with Crippen LogP contribution in [0.25, 0.3) is 0 Å². The summed E-state index contributed by atoms with van der Waals surface area (Å²) in [6, 6.07) is 0.